The number of para-hydroxylation sites is 6. The van der Waals surface area contributed by atoms with Crippen molar-refractivity contribution in [2.75, 3.05) is 14.7 Å². The Kier molecular flexibility index (Phi) is 8.16. The summed E-state index contributed by atoms with van der Waals surface area (Å²) in [6.45, 7) is 0. The predicted molar refractivity (Wildman–Crippen MR) is 234 cm³/mol. The van der Waals surface area contributed by atoms with Gasteiger partial charge in [0.2, 0.25) is 0 Å². The van der Waals surface area contributed by atoms with Crippen molar-refractivity contribution in [3.63, 3.8) is 0 Å². The number of anilines is 9. The van der Waals surface area contributed by atoms with Gasteiger partial charge in [0, 0.05) is 55.7 Å². The fourth-order valence-corrected chi connectivity index (χ4v) is 8.16. The van der Waals surface area contributed by atoms with Crippen molar-refractivity contribution in [1.29, 1.82) is 0 Å². The molecule has 0 heterocycles. The number of nitrogens with zero attached hydrogens (tertiary/aromatic N) is 3. The van der Waals surface area contributed by atoms with Crippen LogP contribution in [0.25, 0.3) is 32.3 Å². The van der Waals surface area contributed by atoms with Gasteiger partial charge < -0.3 is 14.7 Å². The van der Waals surface area contributed by atoms with Crippen molar-refractivity contribution >= 4 is 83.5 Å². The molecule has 0 atom stereocenters. The molecule has 0 fully saturated rings. The summed E-state index contributed by atoms with van der Waals surface area (Å²) in [5, 5.41) is 7.24. The van der Waals surface area contributed by atoms with Gasteiger partial charge in [0.1, 0.15) is 0 Å². The molecule has 0 radical (unpaired) electrons. The van der Waals surface area contributed by atoms with E-state index in [1.165, 1.54) is 32.3 Å². The highest BCUT2D eigenvalue weighted by Crippen LogP contribution is 2.51. The van der Waals surface area contributed by atoms with Crippen molar-refractivity contribution in [1.82, 2.24) is 0 Å². The van der Waals surface area contributed by atoms with Crippen LogP contribution in [0.1, 0.15) is 0 Å². The van der Waals surface area contributed by atoms with Gasteiger partial charge in [-0.25, -0.2) is 0 Å². The maximum absolute atomic E-state index is 2.40. The summed E-state index contributed by atoms with van der Waals surface area (Å²) in [4.78, 5) is 7.17. The van der Waals surface area contributed by atoms with E-state index >= 15 is 0 Å². The summed E-state index contributed by atoms with van der Waals surface area (Å²) in [6.07, 6.45) is 0. The fraction of sp³-hybridized carbons (Fsp3) is 0. The average Bonchev–Trinajstić information content (AvgIpc) is 3.26. The monoisotopic (exact) mass is 703 g/mol. The average molecular weight is 704 g/mol. The summed E-state index contributed by atoms with van der Waals surface area (Å²) < 4.78 is 0. The molecular weight excluding hydrogens is 667 g/mol. The van der Waals surface area contributed by atoms with Gasteiger partial charge in [-0.3, -0.25) is 0 Å². The van der Waals surface area contributed by atoms with Gasteiger partial charge in [-0.1, -0.05) is 133 Å². The summed E-state index contributed by atoms with van der Waals surface area (Å²) in [5.41, 5.74) is 10.1. The van der Waals surface area contributed by atoms with Crippen LogP contribution in [0.2, 0.25) is 0 Å². The lowest BCUT2D eigenvalue weighted by atomic mass is 9.90. The Bertz CT molecular complexity index is 2720. The molecule has 3 heteroatoms. The third-order valence-corrected chi connectivity index (χ3v) is 10.5. The topological polar surface area (TPSA) is 9.72 Å². The van der Waals surface area contributed by atoms with Crippen LogP contribution in [-0.4, -0.2) is 0 Å². The molecule has 0 saturated heterocycles. The molecule has 0 unspecified atom stereocenters. The zero-order chi connectivity index (χ0) is 36.6. The van der Waals surface area contributed by atoms with E-state index in [1.807, 2.05) is 0 Å². The Hall–Kier alpha value is -7.36. The van der Waals surface area contributed by atoms with Crippen molar-refractivity contribution in [2.45, 2.75) is 0 Å². The highest BCUT2D eigenvalue weighted by molar-refractivity contribution is 6.31. The molecule has 260 valence electrons. The van der Waals surface area contributed by atoms with Crippen molar-refractivity contribution in [3.8, 4) is 0 Å². The molecule has 0 bridgehead atoms. The quantitative estimate of drug-likeness (QED) is 0.139. The minimum atomic E-state index is 1.11. The zero-order valence-corrected chi connectivity index (χ0v) is 30.2. The minimum Gasteiger partial charge on any atom is -0.310 e. The molecule has 10 aromatic rings. The number of hydrogen-bond acceptors (Lipinski definition) is 3. The lowest BCUT2D eigenvalue weighted by Gasteiger charge is -2.31. The third-order valence-electron chi connectivity index (χ3n) is 10.5. The first-order valence-electron chi connectivity index (χ1n) is 18.8. The first-order valence-corrected chi connectivity index (χ1v) is 18.8. The second-order valence-corrected chi connectivity index (χ2v) is 13.8. The zero-order valence-electron chi connectivity index (χ0n) is 30.2. The van der Waals surface area contributed by atoms with Crippen LogP contribution in [0, 0.1) is 0 Å². The van der Waals surface area contributed by atoms with Crippen LogP contribution in [0.5, 0.6) is 0 Å². The van der Waals surface area contributed by atoms with E-state index in [9.17, 15) is 0 Å². The molecule has 3 nitrogen and oxygen atoms in total. The molecule has 0 aliphatic rings. The lowest BCUT2D eigenvalue weighted by Crippen LogP contribution is -2.13. The van der Waals surface area contributed by atoms with E-state index in [0.717, 1.165) is 51.2 Å². The van der Waals surface area contributed by atoms with Crippen molar-refractivity contribution in [2.24, 2.45) is 0 Å². The van der Waals surface area contributed by atoms with Crippen molar-refractivity contribution < 1.29 is 0 Å². The Labute approximate surface area is 321 Å². The van der Waals surface area contributed by atoms with E-state index in [0.29, 0.717) is 0 Å². The normalized spacial score (nSPS) is 11.3. The summed E-state index contributed by atoms with van der Waals surface area (Å²) in [7, 11) is 0. The molecule has 0 aliphatic heterocycles. The van der Waals surface area contributed by atoms with Gasteiger partial charge in [-0.15, -0.1) is 0 Å². The van der Waals surface area contributed by atoms with E-state index in [2.05, 4.69) is 239 Å². The van der Waals surface area contributed by atoms with Crippen LogP contribution in [-0.2, 0) is 0 Å². The van der Waals surface area contributed by atoms with Gasteiger partial charge in [0.05, 0.1) is 17.1 Å². The molecular formula is C52H37N3. The van der Waals surface area contributed by atoms with Crippen LogP contribution < -0.4 is 14.7 Å². The highest BCUT2D eigenvalue weighted by Gasteiger charge is 2.25. The smallest absolute Gasteiger partial charge is 0.0546 e. The first kappa shape index (κ1) is 32.3. The van der Waals surface area contributed by atoms with Gasteiger partial charge in [0.15, 0.2) is 0 Å². The Balaban J connectivity index is 1.32. The van der Waals surface area contributed by atoms with Crippen LogP contribution >= 0.6 is 0 Å². The number of rotatable bonds is 9. The largest absolute Gasteiger partial charge is 0.310 e. The van der Waals surface area contributed by atoms with Crippen LogP contribution in [0.3, 0.4) is 0 Å². The summed E-state index contributed by atoms with van der Waals surface area (Å²) in [5.74, 6) is 0. The first-order chi connectivity index (χ1) is 27.3. The predicted octanol–water partition coefficient (Wildman–Crippen LogP) is 15.0. The van der Waals surface area contributed by atoms with Gasteiger partial charge in [0.25, 0.3) is 0 Å². The number of benzene rings is 10. The van der Waals surface area contributed by atoms with Crippen molar-refractivity contribution in [3.05, 3.63) is 224 Å². The van der Waals surface area contributed by atoms with E-state index < -0.39 is 0 Å². The standard InChI is InChI=1S/C52H37N3/c1-7-19-39(20-8-1)53(40-21-9-2-10-22-40)48-35-31-38-37-50(55(43-27-15-5-16-28-43)44-29-17-6-18-30-44)47-34-36-49(46-33-32-45(48)51(38)52(46)47)54(41-23-11-3-12-24-41)42-25-13-4-14-26-42/h1-37H. The molecule has 0 N–H and O–H groups in total. The fourth-order valence-electron chi connectivity index (χ4n) is 8.16. The SMILES string of the molecule is c1ccc(N(c2ccccc2)c2ccc3cc(N(c4ccccc4)c4ccccc4)c4ccc(N(c5ccccc5)c5ccccc5)c5ccc2c3c54)cc1. The van der Waals surface area contributed by atoms with E-state index in [1.54, 1.807) is 0 Å². The lowest BCUT2D eigenvalue weighted by molar-refractivity contribution is 1.29. The maximum atomic E-state index is 2.40. The number of hydrogen-bond donors (Lipinski definition) is 0. The summed E-state index contributed by atoms with van der Waals surface area (Å²) in [6, 6.07) is 80.5. The second-order valence-electron chi connectivity index (χ2n) is 13.8. The summed E-state index contributed by atoms with van der Waals surface area (Å²) >= 11 is 0. The maximum Gasteiger partial charge on any atom is 0.0546 e. The Morgan fingerprint density at radius 1 is 0.218 bits per heavy atom. The van der Waals surface area contributed by atoms with E-state index in [-0.39, 0.29) is 0 Å². The minimum absolute atomic E-state index is 1.11. The third kappa shape index (κ3) is 5.70. The molecule has 0 saturated carbocycles. The van der Waals surface area contributed by atoms with Crippen LogP contribution in [0.4, 0.5) is 51.2 Å². The van der Waals surface area contributed by atoms with Gasteiger partial charge in [-0.05, 0) is 102 Å². The Morgan fingerprint density at radius 2 is 0.491 bits per heavy atom. The Morgan fingerprint density at radius 3 is 0.855 bits per heavy atom. The van der Waals surface area contributed by atoms with Crippen LogP contribution in [0.15, 0.2) is 224 Å². The van der Waals surface area contributed by atoms with Gasteiger partial charge in [-0.2, -0.15) is 0 Å². The molecule has 55 heavy (non-hydrogen) atoms. The molecule has 0 amide bonds. The molecule has 0 aliphatic carbocycles. The molecule has 10 aromatic carbocycles. The van der Waals surface area contributed by atoms with E-state index in [4.69, 9.17) is 0 Å². The van der Waals surface area contributed by atoms with Gasteiger partial charge >= 0.3 is 0 Å². The molecule has 0 aromatic heterocycles. The second kappa shape index (κ2) is 13.9. The molecule has 10 rings (SSSR count). The highest BCUT2D eigenvalue weighted by atomic mass is 15.2. The molecule has 0 spiro atoms.